The fourth-order valence-electron chi connectivity index (χ4n) is 2.27. The Morgan fingerprint density at radius 2 is 2.04 bits per heavy atom. The van der Waals surface area contributed by atoms with Gasteiger partial charge in [0, 0.05) is 11.8 Å². The quantitative estimate of drug-likeness (QED) is 0.831. The number of carbonyl (C=O) groups is 1. The van der Waals surface area contributed by atoms with Gasteiger partial charge in [0.15, 0.2) is 29.2 Å². The van der Waals surface area contributed by atoms with Gasteiger partial charge in [-0.1, -0.05) is 0 Å². The van der Waals surface area contributed by atoms with E-state index in [1.807, 2.05) is 0 Å². The maximum absolute atomic E-state index is 14.1. The van der Waals surface area contributed by atoms with Gasteiger partial charge in [-0.2, -0.15) is 0 Å². The Balaban J connectivity index is 1.71. The fourth-order valence-corrected chi connectivity index (χ4v) is 2.27. The molecule has 6 nitrogen and oxygen atoms in total. The topological polar surface area (TPSA) is 96.8 Å². The maximum atomic E-state index is 14.1. The molecule has 1 atom stereocenters. The molecule has 1 aliphatic heterocycles. The van der Waals surface area contributed by atoms with Gasteiger partial charge in [0.05, 0.1) is 0 Å². The van der Waals surface area contributed by atoms with E-state index < -0.39 is 29.2 Å². The Morgan fingerprint density at radius 3 is 2.79 bits per heavy atom. The van der Waals surface area contributed by atoms with E-state index in [9.17, 15) is 13.6 Å². The lowest BCUT2D eigenvalue weighted by molar-refractivity contribution is 0.0523. The van der Waals surface area contributed by atoms with Crippen LogP contribution in [0.2, 0.25) is 0 Å². The van der Waals surface area contributed by atoms with E-state index >= 15 is 0 Å². The summed E-state index contributed by atoms with van der Waals surface area (Å²) in [7, 11) is 0. The minimum atomic E-state index is -1.21. The molecule has 4 N–H and O–H groups in total. The molecule has 2 aromatic rings. The lowest BCUT2D eigenvalue weighted by atomic mass is 10.1. The van der Waals surface area contributed by atoms with Gasteiger partial charge in [0.25, 0.3) is 5.91 Å². The van der Waals surface area contributed by atoms with Crippen molar-refractivity contribution in [2.24, 2.45) is 5.73 Å². The van der Waals surface area contributed by atoms with Crippen molar-refractivity contribution in [2.75, 3.05) is 18.9 Å². The Bertz CT molecular complexity index is 798. The van der Waals surface area contributed by atoms with E-state index in [4.69, 9.17) is 25.7 Å². The number of hydrogen-bond donors (Lipinski definition) is 2. The van der Waals surface area contributed by atoms with Gasteiger partial charge in [0.2, 0.25) is 0 Å². The molecule has 1 aliphatic rings. The standard InChI is InChI=1S/C16H14F2N2O4/c17-10-2-4-12(15(18)14(10)16(20)21)23-7-9-6-22-11-3-1-8(19)5-13(11)24-9/h1-5,9H,6-7,19H2,(H2,20,21). The lowest BCUT2D eigenvalue weighted by Gasteiger charge is -2.26. The first-order valence-electron chi connectivity index (χ1n) is 7.05. The van der Waals surface area contributed by atoms with Crippen molar-refractivity contribution in [1.29, 1.82) is 0 Å². The molecule has 1 amide bonds. The number of rotatable bonds is 4. The van der Waals surface area contributed by atoms with Gasteiger partial charge in [-0.3, -0.25) is 4.79 Å². The van der Waals surface area contributed by atoms with Crippen molar-refractivity contribution >= 4 is 11.6 Å². The molecule has 24 heavy (non-hydrogen) atoms. The average molecular weight is 336 g/mol. The number of benzene rings is 2. The van der Waals surface area contributed by atoms with Crippen LogP contribution in [0.1, 0.15) is 10.4 Å². The number of nitrogens with two attached hydrogens (primary N) is 2. The highest BCUT2D eigenvalue weighted by atomic mass is 19.1. The zero-order chi connectivity index (χ0) is 17.3. The molecular formula is C16H14F2N2O4. The smallest absolute Gasteiger partial charge is 0.254 e. The summed E-state index contributed by atoms with van der Waals surface area (Å²) < 4.78 is 43.9. The normalized spacial score (nSPS) is 15.8. The third kappa shape index (κ3) is 3.03. The van der Waals surface area contributed by atoms with Crippen LogP contribution in [-0.2, 0) is 0 Å². The van der Waals surface area contributed by atoms with Crippen molar-refractivity contribution in [3.8, 4) is 17.2 Å². The Kier molecular flexibility index (Phi) is 4.11. The van der Waals surface area contributed by atoms with Gasteiger partial charge >= 0.3 is 0 Å². The third-order valence-corrected chi connectivity index (χ3v) is 3.41. The molecule has 126 valence electrons. The van der Waals surface area contributed by atoms with Crippen molar-refractivity contribution in [3.63, 3.8) is 0 Å². The van der Waals surface area contributed by atoms with Crippen LogP contribution < -0.4 is 25.7 Å². The van der Waals surface area contributed by atoms with E-state index in [0.717, 1.165) is 12.1 Å². The minimum absolute atomic E-state index is 0.0744. The number of amides is 1. The molecule has 0 bridgehead atoms. The number of nitrogen functional groups attached to an aromatic ring is 1. The first-order chi connectivity index (χ1) is 11.5. The molecular weight excluding hydrogens is 322 g/mol. The highest BCUT2D eigenvalue weighted by Crippen LogP contribution is 2.33. The SMILES string of the molecule is NC(=O)c1c(F)ccc(OCC2COc3ccc(N)cc3O2)c1F. The fraction of sp³-hybridized carbons (Fsp3) is 0.188. The number of hydrogen-bond acceptors (Lipinski definition) is 5. The van der Waals surface area contributed by atoms with Crippen LogP contribution in [0.3, 0.4) is 0 Å². The Morgan fingerprint density at radius 1 is 1.25 bits per heavy atom. The van der Waals surface area contributed by atoms with Crippen LogP contribution in [0.5, 0.6) is 17.2 Å². The summed E-state index contributed by atoms with van der Waals surface area (Å²) in [6.07, 6.45) is -0.527. The Labute approximate surface area is 135 Å². The molecule has 0 saturated heterocycles. The largest absolute Gasteiger partial charge is 0.486 e. The highest BCUT2D eigenvalue weighted by molar-refractivity contribution is 5.93. The Hall–Kier alpha value is -3.03. The summed E-state index contributed by atoms with van der Waals surface area (Å²) in [5.74, 6) is -2.71. The van der Waals surface area contributed by atoms with Gasteiger partial charge in [-0.05, 0) is 24.3 Å². The molecule has 0 saturated carbocycles. The summed E-state index contributed by atoms with van der Waals surface area (Å²) in [5.41, 5.74) is 10.3. The second-order valence-electron chi connectivity index (χ2n) is 5.17. The summed E-state index contributed by atoms with van der Waals surface area (Å²) in [4.78, 5) is 11.1. The monoisotopic (exact) mass is 336 g/mol. The molecule has 8 heteroatoms. The van der Waals surface area contributed by atoms with Gasteiger partial charge in [-0.15, -0.1) is 0 Å². The predicted molar refractivity (Wildman–Crippen MR) is 81.1 cm³/mol. The molecule has 3 rings (SSSR count). The molecule has 2 aromatic carbocycles. The molecule has 0 fully saturated rings. The molecule has 0 spiro atoms. The van der Waals surface area contributed by atoms with E-state index in [-0.39, 0.29) is 19.0 Å². The second-order valence-corrected chi connectivity index (χ2v) is 5.17. The summed E-state index contributed by atoms with van der Waals surface area (Å²) in [6.45, 7) is 0.109. The van der Waals surface area contributed by atoms with Crippen LogP contribution in [0.15, 0.2) is 30.3 Å². The zero-order valence-electron chi connectivity index (χ0n) is 12.4. The summed E-state index contributed by atoms with van der Waals surface area (Å²) in [6, 6.07) is 6.95. The summed E-state index contributed by atoms with van der Waals surface area (Å²) in [5, 5.41) is 0. The number of fused-ring (bicyclic) bond motifs is 1. The van der Waals surface area contributed by atoms with E-state index in [2.05, 4.69) is 0 Å². The average Bonchev–Trinajstić information content (AvgIpc) is 2.53. The molecule has 0 radical (unpaired) electrons. The predicted octanol–water partition coefficient (Wildman–Crippen LogP) is 1.86. The van der Waals surface area contributed by atoms with E-state index in [1.165, 1.54) is 0 Å². The zero-order valence-corrected chi connectivity index (χ0v) is 12.4. The molecule has 0 aromatic heterocycles. The first kappa shape index (κ1) is 15.9. The van der Waals surface area contributed by atoms with Crippen LogP contribution in [0.4, 0.5) is 14.5 Å². The number of ether oxygens (including phenoxy) is 3. The minimum Gasteiger partial charge on any atom is -0.486 e. The molecule has 1 unspecified atom stereocenters. The van der Waals surface area contributed by atoms with Crippen molar-refractivity contribution in [1.82, 2.24) is 0 Å². The number of primary amides is 1. The summed E-state index contributed by atoms with van der Waals surface area (Å²) >= 11 is 0. The van der Waals surface area contributed by atoms with E-state index in [0.29, 0.717) is 17.2 Å². The lowest BCUT2D eigenvalue weighted by Crippen LogP contribution is -2.34. The van der Waals surface area contributed by atoms with Crippen molar-refractivity contribution < 1.29 is 27.8 Å². The van der Waals surface area contributed by atoms with Crippen molar-refractivity contribution in [2.45, 2.75) is 6.10 Å². The van der Waals surface area contributed by atoms with Crippen molar-refractivity contribution in [3.05, 3.63) is 47.5 Å². The van der Waals surface area contributed by atoms with E-state index in [1.54, 1.807) is 18.2 Å². The van der Waals surface area contributed by atoms with Gasteiger partial charge in [0.1, 0.15) is 24.6 Å². The number of carbonyl (C=O) groups excluding carboxylic acids is 1. The van der Waals surface area contributed by atoms with Gasteiger partial charge in [-0.25, -0.2) is 8.78 Å². The van der Waals surface area contributed by atoms with Crippen LogP contribution in [0.25, 0.3) is 0 Å². The van der Waals surface area contributed by atoms with Gasteiger partial charge < -0.3 is 25.7 Å². The second kappa shape index (κ2) is 6.23. The van der Waals surface area contributed by atoms with Crippen LogP contribution >= 0.6 is 0 Å². The third-order valence-electron chi connectivity index (χ3n) is 3.41. The molecule has 0 aliphatic carbocycles. The number of anilines is 1. The highest BCUT2D eigenvalue weighted by Gasteiger charge is 2.24. The molecule has 1 heterocycles. The van der Waals surface area contributed by atoms with Crippen LogP contribution in [-0.4, -0.2) is 25.2 Å². The maximum Gasteiger partial charge on any atom is 0.254 e. The van der Waals surface area contributed by atoms with Crippen LogP contribution in [0, 0.1) is 11.6 Å². The number of halogens is 2. The first-order valence-corrected chi connectivity index (χ1v) is 7.05.